The van der Waals surface area contributed by atoms with Gasteiger partial charge in [0.15, 0.2) is 5.69 Å². The Kier molecular flexibility index (Phi) is 33.3. The van der Waals surface area contributed by atoms with Crippen LogP contribution in [-0.4, -0.2) is 213 Å². The largest absolute Gasteiger partial charge is 0.481 e. The molecule has 0 saturated heterocycles. The third-order valence-electron chi connectivity index (χ3n) is 16.1. The average Bonchev–Trinajstić information content (AvgIpc) is 1.62. The van der Waals surface area contributed by atoms with Crippen LogP contribution in [0.15, 0.2) is 54.7 Å². The van der Waals surface area contributed by atoms with Crippen molar-refractivity contribution in [3.8, 4) is 11.1 Å². The Hall–Kier alpha value is -10.7. The number of carboxylic acid groups (broad SMARTS) is 1. The zero-order chi connectivity index (χ0) is 76.2. The molecule has 36 nitrogen and oxygen atoms in total. The number of nitrogens with zero attached hydrogens (tertiary/aromatic N) is 3. The fraction of sp³-hybridized carbons (Fsp3) is 0.561. The number of hydrogen-bond acceptors (Lipinski definition) is 22. The summed E-state index contributed by atoms with van der Waals surface area (Å²) in [4.78, 5) is 205. The molecule has 0 fully saturated rings. The summed E-state index contributed by atoms with van der Waals surface area (Å²) < 4.78 is 10.3. The van der Waals surface area contributed by atoms with Crippen molar-refractivity contribution in [3.63, 3.8) is 0 Å². The summed E-state index contributed by atoms with van der Waals surface area (Å²) >= 11 is 0. The molecule has 4 rings (SSSR count). The van der Waals surface area contributed by atoms with Crippen LogP contribution in [0.2, 0.25) is 0 Å². The predicted octanol–water partition coefficient (Wildman–Crippen LogP) is -2.64. The van der Waals surface area contributed by atoms with E-state index in [2.05, 4.69) is 68.8 Å². The van der Waals surface area contributed by atoms with Gasteiger partial charge in [0.25, 0.3) is 0 Å². The van der Waals surface area contributed by atoms with Crippen LogP contribution in [0.5, 0.6) is 0 Å². The average molecular weight is 1430 g/mol. The molecule has 36 heteroatoms. The number of rotatable bonds is 41. The van der Waals surface area contributed by atoms with Gasteiger partial charge in [0.05, 0.1) is 26.2 Å². The maximum Gasteiger partial charge on any atom is 0.407 e. The molecule has 1 aliphatic carbocycles. The van der Waals surface area contributed by atoms with Crippen molar-refractivity contribution in [1.82, 2.24) is 73.6 Å². The minimum atomic E-state index is -1.87. The number of ether oxygens (including phenoxy) is 2. The van der Waals surface area contributed by atoms with Gasteiger partial charge < -0.3 is 93.8 Å². The van der Waals surface area contributed by atoms with Crippen LogP contribution in [0, 0.1) is 23.7 Å². The number of aliphatic carboxylic acids is 1. The van der Waals surface area contributed by atoms with Gasteiger partial charge in [0, 0.05) is 12.3 Å². The smallest absolute Gasteiger partial charge is 0.407 e. The fourth-order valence-corrected chi connectivity index (χ4v) is 10.4. The van der Waals surface area contributed by atoms with Crippen LogP contribution in [0.4, 0.5) is 4.79 Å². The molecule has 102 heavy (non-hydrogen) atoms. The molecule has 0 unspecified atom stereocenters. The van der Waals surface area contributed by atoms with Crippen LogP contribution >= 0.6 is 0 Å². The number of fused-ring (bicyclic) bond motifs is 3. The molecule has 560 valence electrons. The van der Waals surface area contributed by atoms with Crippen molar-refractivity contribution in [2.24, 2.45) is 29.4 Å². The molecule has 0 radical (unpaired) electrons. The van der Waals surface area contributed by atoms with Crippen LogP contribution < -0.4 is 69.1 Å². The Bertz CT molecular complexity index is 3450. The number of carboxylic acids is 1. The molecule has 0 aliphatic heterocycles. The first-order valence-electron chi connectivity index (χ1n) is 33.3. The number of primary amides is 1. The second-order valence-electron chi connectivity index (χ2n) is 25.5. The highest BCUT2D eigenvalue weighted by molar-refractivity contribution is 6.00. The summed E-state index contributed by atoms with van der Waals surface area (Å²) in [6.45, 7) is 14.2. The highest BCUT2D eigenvalue weighted by Gasteiger charge is 2.39. The summed E-state index contributed by atoms with van der Waals surface area (Å²) in [7, 11) is 0. The minimum absolute atomic E-state index is 0.0271. The molecule has 2 aromatic carbocycles. The van der Waals surface area contributed by atoms with Crippen molar-refractivity contribution in [2.45, 2.75) is 181 Å². The van der Waals surface area contributed by atoms with Gasteiger partial charge in [-0.3, -0.25) is 57.5 Å². The molecule has 0 bridgehead atoms. The molecular formula is C66H95N15O21. The summed E-state index contributed by atoms with van der Waals surface area (Å²) in [5.74, 6) is -17.2. The van der Waals surface area contributed by atoms with Crippen LogP contribution in [0.3, 0.4) is 0 Å². The van der Waals surface area contributed by atoms with Gasteiger partial charge in [-0.1, -0.05) is 115 Å². The van der Waals surface area contributed by atoms with E-state index in [1.807, 2.05) is 48.5 Å². The van der Waals surface area contributed by atoms with Crippen molar-refractivity contribution in [2.75, 3.05) is 33.0 Å². The minimum Gasteiger partial charge on any atom is -0.481 e. The monoisotopic (exact) mass is 1430 g/mol. The number of benzene rings is 2. The molecule has 11 atom stereocenters. The normalized spacial score (nSPS) is 14.8. The van der Waals surface area contributed by atoms with Crippen molar-refractivity contribution in [1.29, 1.82) is 0 Å². The third kappa shape index (κ3) is 25.8. The Morgan fingerprint density at radius 2 is 1.00 bits per heavy atom. The van der Waals surface area contributed by atoms with Gasteiger partial charge in [-0.25, -0.2) is 14.4 Å². The number of nitrogens with two attached hydrogens (primary N) is 1. The number of aliphatic hydroxyl groups is 2. The second-order valence-corrected chi connectivity index (χ2v) is 25.5. The molecule has 1 aliphatic rings. The fourth-order valence-electron chi connectivity index (χ4n) is 10.4. The van der Waals surface area contributed by atoms with E-state index in [1.165, 1.54) is 27.7 Å². The van der Waals surface area contributed by atoms with Gasteiger partial charge in [0.1, 0.15) is 79.8 Å². The highest BCUT2D eigenvalue weighted by atomic mass is 16.7. The number of nitrogens with one attached hydrogen (secondary N) is 11. The van der Waals surface area contributed by atoms with Gasteiger partial charge in [-0.05, 0) is 91.2 Å². The number of carbonyl (C=O) groups is 15. The molecule has 3 aromatic rings. The first-order chi connectivity index (χ1) is 48.1. The third-order valence-corrected chi connectivity index (χ3v) is 16.1. The number of aromatic nitrogens is 3. The number of aliphatic hydroxyl groups excluding tert-OH is 2. The molecule has 0 spiro atoms. The summed E-state index contributed by atoms with van der Waals surface area (Å²) in [5, 5.41) is 63.5. The van der Waals surface area contributed by atoms with Gasteiger partial charge in [0.2, 0.25) is 65.0 Å². The SMILES string of the molecule is CCOC(=O)c1cn(OC(=O)CNC(=O)[C@H](CO)NC(=O)[C@@H](NC(=O)[C@H](CC(N)=O)NC(=O)[C@@H](NC(=O)[C@H](CC(C)C)NC(=O)[C@H](CO)NC(=O)[C@H](CCC(=O)O)NC(=O)[C@H](CC(C)C)NC(=O)[C@H](C)NC(=O)[C@H](C)NC(=O)OCC2c3ccccc3-c3ccccc32)[C@@H](C)CC)C(C)C)nn1. The summed E-state index contributed by atoms with van der Waals surface area (Å²) in [5.41, 5.74) is 9.18. The van der Waals surface area contributed by atoms with E-state index in [4.69, 9.17) is 20.0 Å². The van der Waals surface area contributed by atoms with Gasteiger partial charge in [-0.15, -0.1) is 5.10 Å². The first kappa shape index (κ1) is 83.8. The van der Waals surface area contributed by atoms with E-state index >= 15 is 0 Å². The molecule has 1 heterocycles. The van der Waals surface area contributed by atoms with E-state index in [0.717, 1.165) is 28.5 Å². The van der Waals surface area contributed by atoms with Crippen LogP contribution in [0.25, 0.3) is 11.1 Å². The zero-order valence-electron chi connectivity index (χ0n) is 58.7. The number of hydrogen-bond donors (Lipinski definition) is 15. The lowest BCUT2D eigenvalue weighted by Gasteiger charge is -2.30. The lowest BCUT2D eigenvalue weighted by Crippen LogP contribution is -2.62. The summed E-state index contributed by atoms with van der Waals surface area (Å²) in [6, 6.07) is -0.163. The van der Waals surface area contributed by atoms with Crippen molar-refractivity contribution >= 4 is 89.0 Å². The first-order valence-corrected chi connectivity index (χ1v) is 33.3. The van der Waals surface area contributed by atoms with E-state index in [-0.39, 0.29) is 55.9 Å². The number of esters is 1. The number of carbonyl (C=O) groups excluding carboxylic acids is 14. The quantitative estimate of drug-likeness (QED) is 0.0204. The Morgan fingerprint density at radius 1 is 0.539 bits per heavy atom. The number of amides is 12. The maximum atomic E-state index is 14.3. The predicted molar refractivity (Wildman–Crippen MR) is 359 cm³/mol. The lowest BCUT2D eigenvalue weighted by atomic mass is 9.96. The van der Waals surface area contributed by atoms with E-state index < -0.39 is 200 Å². The molecule has 0 saturated carbocycles. The van der Waals surface area contributed by atoms with Crippen LogP contribution in [-0.2, 0) is 71.8 Å². The lowest BCUT2D eigenvalue weighted by molar-refractivity contribution is -0.146. The standard InChI is InChI=1S/C66H95N15O21/c1-12-35(9)54(64(97)74-46(26-50(67)84)61(94)77-53(34(7)8)63(96)76-48(29-82)57(90)68-27-52(87)102-81-28-47(79-80-81)65(98)100-13-2)78-60(93)45(25-33(5)6)73-62(95)49(30-83)75-58(91)43(22-23-51(85)86)71-59(92)44(24-32(3)4)72-56(89)36(10)69-55(88)37(11)70-66(99)101-31-42-40-20-16-14-18-38(40)39-19-15-17-21-41(39)42/h14-21,28,32-37,42-46,48-49,53-54,82-83H,12-13,22-27,29-31H2,1-11H3,(H2,67,84)(H,68,90)(H,69,88)(H,70,99)(H,71,92)(H,72,89)(H,73,95)(H,74,97)(H,75,91)(H,76,96)(H,77,94)(H,78,93)(H,85,86)/t35-,36-,37-,43-,44-,45-,46-,48-,49-,53-,54-/m0/s1. The molecule has 16 N–H and O–H groups in total. The van der Waals surface area contributed by atoms with Crippen molar-refractivity contribution in [3.05, 3.63) is 71.5 Å². The molecule has 12 amide bonds. The highest BCUT2D eigenvalue weighted by Crippen LogP contribution is 2.44. The van der Waals surface area contributed by atoms with E-state index in [1.54, 1.807) is 48.5 Å². The molecule has 1 aromatic heterocycles. The van der Waals surface area contributed by atoms with Gasteiger partial charge in [-0.2, -0.15) is 0 Å². The Morgan fingerprint density at radius 3 is 1.54 bits per heavy atom. The van der Waals surface area contributed by atoms with Crippen molar-refractivity contribution < 1.29 is 102 Å². The topological polar surface area (TPSA) is 533 Å². The second kappa shape index (κ2) is 40.6. The Labute approximate surface area is 588 Å². The zero-order valence-corrected chi connectivity index (χ0v) is 58.7. The van der Waals surface area contributed by atoms with E-state index in [9.17, 15) is 87.2 Å². The Balaban J connectivity index is 1.40. The van der Waals surface area contributed by atoms with Crippen LogP contribution in [0.1, 0.15) is 142 Å². The van der Waals surface area contributed by atoms with E-state index in [0.29, 0.717) is 4.85 Å². The maximum absolute atomic E-state index is 14.3. The van der Waals surface area contributed by atoms with Gasteiger partial charge >= 0.3 is 24.0 Å². The summed E-state index contributed by atoms with van der Waals surface area (Å²) in [6.07, 6.45) is -2.06. The molecular weight excluding hydrogens is 1340 g/mol. The number of alkyl carbamates (subject to hydrolysis) is 1.